The summed E-state index contributed by atoms with van der Waals surface area (Å²) in [6.07, 6.45) is 1.14. The monoisotopic (exact) mass is 430 g/mol. The molecule has 0 aliphatic rings. The van der Waals surface area contributed by atoms with Crippen LogP contribution in [0.15, 0.2) is 91.0 Å². The van der Waals surface area contributed by atoms with Crippen LogP contribution in [-0.2, 0) is 33.7 Å². The van der Waals surface area contributed by atoms with Gasteiger partial charge in [-0.2, -0.15) is 0 Å². The van der Waals surface area contributed by atoms with Gasteiger partial charge in [0.2, 0.25) is 5.91 Å². The maximum absolute atomic E-state index is 13.3. The highest BCUT2D eigenvalue weighted by Crippen LogP contribution is 2.08. The minimum absolute atomic E-state index is 0.113. The van der Waals surface area contributed by atoms with Gasteiger partial charge in [-0.15, -0.1) is 0 Å². The average Bonchev–Trinajstić information content (AvgIpc) is 2.82. The van der Waals surface area contributed by atoms with Crippen LogP contribution in [0.2, 0.25) is 0 Å². The lowest BCUT2D eigenvalue weighted by Crippen LogP contribution is -2.50. The van der Waals surface area contributed by atoms with Crippen molar-refractivity contribution in [1.29, 1.82) is 0 Å². The summed E-state index contributed by atoms with van der Waals surface area (Å²) >= 11 is 0. The second kappa shape index (κ2) is 12.4. The van der Waals surface area contributed by atoms with Crippen molar-refractivity contribution in [2.45, 2.75) is 38.4 Å². The first kappa shape index (κ1) is 23.2. The van der Waals surface area contributed by atoms with Crippen LogP contribution in [0.25, 0.3) is 0 Å². The highest BCUT2D eigenvalue weighted by molar-refractivity contribution is 5.82. The summed E-state index contributed by atoms with van der Waals surface area (Å²) in [5.74, 6) is -0.474. The molecule has 32 heavy (non-hydrogen) atoms. The number of hydrogen-bond acceptors (Lipinski definition) is 4. The molecule has 3 rings (SSSR count). The van der Waals surface area contributed by atoms with Gasteiger partial charge in [-0.1, -0.05) is 91.0 Å². The Morgan fingerprint density at radius 2 is 1.25 bits per heavy atom. The van der Waals surface area contributed by atoms with E-state index >= 15 is 0 Å². The highest BCUT2D eigenvalue weighted by atomic mass is 16.5. The summed E-state index contributed by atoms with van der Waals surface area (Å²) in [5.41, 5.74) is 3.26. The predicted molar refractivity (Wildman–Crippen MR) is 126 cm³/mol. The summed E-state index contributed by atoms with van der Waals surface area (Å²) in [4.78, 5) is 24.7. The Morgan fingerprint density at radius 3 is 1.78 bits per heavy atom. The first-order valence-corrected chi connectivity index (χ1v) is 10.9. The molecule has 2 N–H and O–H groups in total. The van der Waals surface area contributed by atoms with Crippen molar-refractivity contribution in [3.63, 3.8) is 0 Å². The SMILES string of the molecule is CC(=O)OC[C@H](Cc1ccccc1)NC(=O)[C@H](Cc1ccccc1)NCc1ccccc1. The quantitative estimate of drug-likeness (QED) is 0.456. The maximum atomic E-state index is 13.3. The van der Waals surface area contributed by atoms with Crippen LogP contribution in [0.5, 0.6) is 0 Å². The van der Waals surface area contributed by atoms with E-state index in [9.17, 15) is 9.59 Å². The fourth-order valence-corrected chi connectivity index (χ4v) is 3.51. The molecule has 0 spiro atoms. The number of benzene rings is 3. The number of ether oxygens (including phenoxy) is 1. The van der Waals surface area contributed by atoms with Crippen LogP contribution in [0, 0.1) is 0 Å². The smallest absolute Gasteiger partial charge is 0.302 e. The molecule has 0 unspecified atom stereocenters. The van der Waals surface area contributed by atoms with Gasteiger partial charge in [0.15, 0.2) is 0 Å². The fourth-order valence-electron chi connectivity index (χ4n) is 3.51. The van der Waals surface area contributed by atoms with Crippen LogP contribution in [0.4, 0.5) is 0 Å². The maximum Gasteiger partial charge on any atom is 0.302 e. The van der Waals surface area contributed by atoms with Crippen LogP contribution in [0.1, 0.15) is 23.6 Å². The topological polar surface area (TPSA) is 67.4 Å². The van der Waals surface area contributed by atoms with Gasteiger partial charge in [0, 0.05) is 13.5 Å². The van der Waals surface area contributed by atoms with Crippen molar-refractivity contribution in [2.24, 2.45) is 0 Å². The fraction of sp³-hybridized carbons (Fsp3) is 0.259. The van der Waals surface area contributed by atoms with Gasteiger partial charge in [-0.3, -0.25) is 9.59 Å². The van der Waals surface area contributed by atoms with Crippen LogP contribution in [0.3, 0.4) is 0 Å². The number of hydrogen-bond donors (Lipinski definition) is 2. The zero-order valence-electron chi connectivity index (χ0n) is 18.4. The van der Waals surface area contributed by atoms with Crippen LogP contribution in [-0.4, -0.2) is 30.6 Å². The Bertz CT molecular complexity index is 962. The first-order valence-electron chi connectivity index (χ1n) is 10.9. The van der Waals surface area contributed by atoms with Gasteiger partial charge in [-0.05, 0) is 29.5 Å². The van der Waals surface area contributed by atoms with Gasteiger partial charge in [0.05, 0.1) is 12.1 Å². The molecule has 0 aliphatic carbocycles. The molecule has 0 aromatic heterocycles. The third-order valence-electron chi connectivity index (χ3n) is 5.15. The number of esters is 1. The molecule has 3 aromatic carbocycles. The largest absolute Gasteiger partial charge is 0.464 e. The van der Waals surface area contributed by atoms with Crippen molar-refractivity contribution in [3.05, 3.63) is 108 Å². The van der Waals surface area contributed by atoms with Crippen LogP contribution >= 0.6 is 0 Å². The van der Waals surface area contributed by atoms with E-state index < -0.39 is 6.04 Å². The molecule has 0 radical (unpaired) electrons. The molecule has 0 saturated heterocycles. The Labute approximate surface area is 189 Å². The summed E-state index contributed by atoms with van der Waals surface area (Å²) in [7, 11) is 0. The van der Waals surface area contributed by atoms with E-state index in [2.05, 4.69) is 10.6 Å². The summed E-state index contributed by atoms with van der Waals surface area (Å²) < 4.78 is 5.23. The molecule has 5 heteroatoms. The van der Waals surface area contributed by atoms with Gasteiger partial charge < -0.3 is 15.4 Å². The molecule has 0 bridgehead atoms. The van der Waals surface area contributed by atoms with Gasteiger partial charge in [-0.25, -0.2) is 0 Å². The molecule has 3 aromatic rings. The van der Waals surface area contributed by atoms with E-state index in [1.807, 2.05) is 91.0 Å². The Kier molecular flexibility index (Phi) is 9.02. The standard InChI is InChI=1S/C27H30N2O3/c1-21(30)32-20-25(17-22-11-5-2-6-12-22)29-27(31)26(18-23-13-7-3-8-14-23)28-19-24-15-9-4-10-16-24/h2-16,25-26,28H,17-20H2,1H3,(H,29,31)/t25-,26-/m0/s1. The summed E-state index contributed by atoms with van der Waals surface area (Å²) in [6.45, 7) is 2.09. The van der Waals surface area contributed by atoms with Crippen molar-refractivity contribution in [3.8, 4) is 0 Å². The number of carbonyl (C=O) groups is 2. The molecule has 2 atom stereocenters. The second-order valence-corrected chi connectivity index (χ2v) is 7.81. The molecule has 1 amide bonds. The molecule has 0 heterocycles. The van der Waals surface area contributed by atoms with E-state index in [1.54, 1.807) is 0 Å². The molecular weight excluding hydrogens is 400 g/mol. The minimum Gasteiger partial charge on any atom is -0.464 e. The van der Waals surface area contributed by atoms with Crippen LogP contribution < -0.4 is 10.6 Å². The molecule has 0 fully saturated rings. The van der Waals surface area contributed by atoms with E-state index in [0.29, 0.717) is 19.4 Å². The highest BCUT2D eigenvalue weighted by Gasteiger charge is 2.22. The Hall–Kier alpha value is -3.44. The van der Waals surface area contributed by atoms with E-state index in [-0.39, 0.29) is 24.5 Å². The lowest BCUT2D eigenvalue weighted by molar-refractivity contribution is -0.142. The van der Waals surface area contributed by atoms with Gasteiger partial charge >= 0.3 is 5.97 Å². The summed E-state index contributed by atoms with van der Waals surface area (Å²) in [6, 6.07) is 29.1. The third-order valence-corrected chi connectivity index (χ3v) is 5.15. The first-order chi connectivity index (χ1) is 15.6. The van der Waals surface area contributed by atoms with Gasteiger partial charge in [0.25, 0.3) is 0 Å². The van der Waals surface area contributed by atoms with Crippen molar-refractivity contribution >= 4 is 11.9 Å². The molecular formula is C27H30N2O3. The van der Waals surface area contributed by atoms with Gasteiger partial charge in [0.1, 0.15) is 6.61 Å². The normalized spacial score (nSPS) is 12.5. The average molecular weight is 431 g/mol. The molecule has 166 valence electrons. The van der Waals surface area contributed by atoms with Crippen molar-refractivity contribution in [1.82, 2.24) is 10.6 Å². The minimum atomic E-state index is -0.423. The second-order valence-electron chi connectivity index (χ2n) is 7.81. The van der Waals surface area contributed by atoms with E-state index in [1.165, 1.54) is 6.92 Å². The summed E-state index contributed by atoms with van der Waals surface area (Å²) in [5, 5.41) is 6.50. The van der Waals surface area contributed by atoms with E-state index in [4.69, 9.17) is 4.74 Å². The Morgan fingerprint density at radius 1 is 0.750 bits per heavy atom. The predicted octanol–water partition coefficient (Wildman–Crippen LogP) is 3.68. The third kappa shape index (κ3) is 8.00. The Balaban J connectivity index is 1.71. The number of nitrogens with one attached hydrogen (secondary N) is 2. The van der Waals surface area contributed by atoms with E-state index in [0.717, 1.165) is 16.7 Å². The zero-order chi connectivity index (χ0) is 22.6. The number of carbonyl (C=O) groups excluding carboxylic acids is 2. The number of rotatable bonds is 11. The molecule has 0 saturated carbocycles. The zero-order valence-corrected chi connectivity index (χ0v) is 18.4. The molecule has 5 nitrogen and oxygen atoms in total. The number of amides is 1. The van der Waals surface area contributed by atoms with Crippen molar-refractivity contribution < 1.29 is 14.3 Å². The van der Waals surface area contributed by atoms with Crippen molar-refractivity contribution in [2.75, 3.05) is 6.61 Å². The lowest BCUT2D eigenvalue weighted by Gasteiger charge is -2.24. The lowest BCUT2D eigenvalue weighted by atomic mass is 10.0. The molecule has 0 aliphatic heterocycles.